The van der Waals surface area contributed by atoms with Crippen LogP contribution in [0.1, 0.15) is 0 Å². The van der Waals surface area contributed by atoms with Crippen LogP contribution in [0.5, 0.6) is 0 Å². The minimum atomic E-state index is 1.23. The highest BCUT2D eigenvalue weighted by atomic mass is 14.3. The van der Waals surface area contributed by atoms with Crippen LogP contribution in [-0.2, 0) is 0 Å². The summed E-state index contributed by atoms with van der Waals surface area (Å²) in [5.74, 6) is 0. The fraction of sp³-hybridized carbons (Fsp3) is 0. The lowest BCUT2D eigenvalue weighted by Crippen LogP contribution is -2.00. The van der Waals surface area contributed by atoms with Crippen molar-refractivity contribution in [2.24, 2.45) is 0 Å². The first-order valence-corrected chi connectivity index (χ1v) is 12.5. The van der Waals surface area contributed by atoms with Crippen LogP contribution >= 0.6 is 0 Å². The van der Waals surface area contributed by atoms with Gasteiger partial charge in [-0.25, -0.2) is 0 Å². The van der Waals surface area contributed by atoms with Gasteiger partial charge < -0.3 is 0 Å². The van der Waals surface area contributed by atoms with Crippen LogP contribution in [0.25, 0.3) is 66.8 Å². The Balaban J connectivity index is 1.71. The van der Waals surface area contributed by atoms with E-state index in [1.807, 2.05) is 0 Å². The van der Waals surface area contributed by atoms with Crippen molar-refractivity contribution >= 4 is 0 Å². The molecular weight excluding hydrogens is 432 g/mol. The van der Waals surface area contributed by atoms with Crippen LogP contribution in [0.4, 0.5) is 0 Å². The Labute approximate surface area is 212 Å². The molecule has 0 unspecified atom stereocenters. The van der Waals surface area contributed by atoms with Crippen LogP contribution in [0, 0.1) is 0 Å². The molecule has 0 bridgehead atoms. The number of hydrogen-bond donors (Lipinski definition) is 0. The predicted octanol–water partition coefficient (Wildman–Crippen LogP) is 10.0. The summed E-state index contributed by atoms with van der Waals surface area (Å²) < 4.78 is 0. The topological polar surface area (TPSA) is 0 Å². The summed E-state index contributed by atoms with van der Waals surface area (Å²) in [5, 5.41) is 0. The van der Waals surface area contributed by atoms with Crippen molar-refractivity contribution in [3.8, 4) is 66.8 Å². The molecule has 0 radical (unpaired) electrons. The van der Waals surface area contributed by atoms with E-state index in [9.17, 15) is 0 Å². The monoisotopic (exact) mass is 456 g/mol. The van der Waals surface area contributed by atoms with Crippen molar-refractivity contribution in [2.75, 3.05) is 0 Å². The van der Waals surface area contributed by atoms with Crippen LogP contribution in [0.2, 0.25) is 0 Å². The second-order valence-corrected chi connectivity index (χ2v) is 9.28. The molecular formula is C36H24. The highest BCUT2D eigenvalue weighted by molar-refractivity contribution is 6.10. The third-order valence-corrected chi connectivity index (χ3v) is 7.27. The van der Waals surface area contributed by atoms with Crippen molar-refractivity contribution in [1.29, 1.82) is 0 Å². The first-order chi connectivity index (χ1) is 17.9. The number of rotatable bonds is 2. The number of hydrogen-bond acceptors (Lipinski definition) is 0. The summed E-state index contributed by atoms with van der Waals surface area (Å²) in [7, 11) is 0. The van der Waals surface area contributed by atoms with Gasteiger partial charge >= 0.3 is 0 Å². The minimum Gasteiger partial charge on any atom is -0.0622 e. The van der Waals surface area contributed by atoms with Gasteiger partial charge in [0.05, 0.1) is 0 Å². The minimum absolute atomic E-state index is 1.23. The second kappa shape index (κ2) is 8.52. The molecule has 36 heavy (non-hydrogen) atoms. The Hall–Kier alpha value is -4.68. The molecule has 0 amide bonds. The maximum atomic E-state index is 2.29. The molecule has 1 aliphatic rings. The molecule has 0 aliphatic heterocycles. The van der Waals surface area contributed by atoms with E-state index in [0.29, 0.717) is 0 Å². The Kier molecular flexibility index (Phi) is 4.89. The van der Waals surface area contributed by atoms with Crippen molar-refractivity contribution in [3.63, 3.8) is 0 Å². The quantitative estimate of drug-likeness (QED) is 0.243. The Bertz CT molecular complexity index is 1580. The van der Waals surface area contributed by atoms with E-state index in [-0.39, 0.29) is 0 Å². The molecule has 0 aromatic heterocycles. The van der Waals surface area contributed by atoms with E-state index < -0.39 is 0 Å². The molecule has 1 aliphatic carbocycles. The van der Waals surface area contributed by atoms with E-state index in [1.54, 1.807) is 0 Å². The van der Waals surface area contributed by atoms with E-state index in [0.717, 1.165) is 0 Å². The first kappa shape index (κ1) is 20.7. The SMILES string of the molecule is c1ccc(-c2cccc3c2-c2c(-c4ccccc4)cccc2-c2ccccc2-c2ccccc2-3)cc1. The third-order valence-electron chi connectivity index (χ3n) is 7.27. The molecule has 0 nitrogen and oxygen atoms in total. The molecule has 0 fully saturated rings. The predicted molar refractivity (Wildman–Crippen MR) is 153 cm³/mol. The van der Waals surface area contributed by atoms with E-state index >= 15 is 0 Å². The highest BCUT2D eigenvalue weighted by Gasteiger charge is 2.26. The Morgan fingerprint density at radius 1 is 0.194 bits per heavy atom. The standard InChI is InChI=1S/C36H24/c1-3-13-25(14-4-1)27-21-11-23-33-31-19-9-7-17-29(31)30-18-8-10-20-32(30)34-24-12-22-28(36(34)35(27)33)26-15-5-2-6-16-26/h1-24H. The lowest BCUT2D eigenvalue weighted by atomic mass is 9.76. The van der Waals surface area contributed by atoms with Crippen molar-refractivity contribution in [2.45, 2.75) is 0 Å². The maximum Gasteiger partial charge on any atom is -0.00141 e. The molecule has 6 aromatic carbocycles. The van der Waals surface area contributed by atoms with Crippen LogP contribution in [0.3, 0.4) is 0 Å². The summed E-state index contributed by atoms with van der Waals surface area (Å²) in [4.78, 5) is 0. The molecule has 168 valence electrons. The molecule has 0 heteroatoms. The van der Waals surface area contributed by atoms with Crippen LogP contribution in [-0.4, -0.2) is 0 Å². The molecule has 0 spiro atoms. The second-order valence-electron chi connectivity index (χ2n) is 9.28. The van der Waals surface area contributed by atoms with E-state index in [2.05, 4.69) is 146 Å². The summed E-state index contributed by atoms with van der Waals surface area (Å²) in [6.45, 7) is 0. The summed E-state index contributed by atoms with van der Waals surface area (Å²) in [6, 6.07) is 52.8. The summed E-state index contributed by atoms with van der Waals surface area (Å²) in [6.07, 6.45) is 0. The molecule has 0 saturated carbocycles. The van der Waals surface area contributed by atoms with Crippen molar-refractivity contribution < 1.29 is 0 Å². The van der Waals surface area contributed by atoms with Gasteiger partial charge in [0, 0.05) is 0 Å². The average Bonchev–Trinajstić information content (AvgIpc) is 2.96. The van der Waals surface area contributed by atoms with Gasteiger partial charge in [-0.2, -0.15) is 0 Å². The smallest absolute Gasteiger partial charge is 0.00141 e. The molecule has 0 heterocycles. The summed E-state index contributed by atoms with van der Waals surface area (Å²) >= 11 is 0. The fourth-order valence-electron chi connectivity index (χ4n) is 5.71. The largest absolute Gasteiger partial charge is 0.0622 e. The lowest BCUT2D eigenvalue weighted by molar-refractivity contribution is 1.50. The van der Waals surface area contributed by atoms with Gasteiger partial charge in [0.15, 0.2) is 0 Å². The number of fused-ring (bicyclic) bond motifs is 8. The van der Waals surface area contributed by atoms with Gasteiger partial charge in [-0.1, -0.05) is 146 Å². The fourth-order valence-corrected chi connectivity index (χ4v) is 5.71. The zero-order chi connectivity index (χ0) is 23.9. The zero-order valence-corrected chi connectivity index (χ0v) is 19.9. The molecule has 0 atom stereocenters. The van der Waals surface area contributed by atoms with Gasteiger partial charge in [-0.3, -0.25) is 0 Å². The molecule has 6 aromatic rings. The van der Waals surface area contributed by atoms with Gasteiger partial charge in [-0.15, -0.1) is 0 Å². The van der Waals surface area contributed by atoms with E-state index in [4.69, 9.17) is 0 Å². The van der Waals surface area contributed by atoms with Gasteiger partial charge in [-0.05, 0) is 66.8 Å². The highest BCUT2D eigenvalue weighted by Crippen LogP contribution is 2.52. The Morgan fingerprint density at radius 2 is 0.472 bits per heavy atom. The van der Waals surface area contributed by atoms with Crippen molar-refractivity contribution in [1.82, 2.24) is 0 Å². The first-order valence-electron chi connectivity index (χ1n) is 12.5. The third kappa shape index (κ3) is 3.23. The van der Waals surface area contributed by atoms with Crippen molar-refractivity contribution in [3.05, 3.63) is 146 Å². The van der Waals surface area contributed by atoms with Gasteiger partial charge in [0.25, 0.3) is 0 Å². The van der Waals surface area contributed by atoms with Crippen LogP contribution in [0.15, 0.2) is 146 Å². The normalized spacial score (nSPS) is 11.3. The molecule has 0 N–H and O–H groups in total. The molecule has 7 rings (SSSR count). The van der Waals surface area contributed by atoms with Gasteiger partial charge in [0.1, 0.15) is 0 Å². The Morgan fingerprint density at radius 3 is 0.861 bits per heavy atom. The zero-order valence-electron chi connectivity index (χ0n) is 19.9. The summed E-state index contributed by atoms with van der Waals surface area (Å²) in [5.41, 5.74) is 15.2. The maximum absolute atomic E-state index is 2.29. The lowest BCUT2D eigenvalue weighted by Gasteiger charge is -2.27. The average molecular weight is 457 g/mol. The molecule has 0 saturated heterocycles. The van der Waals surface area contributed by atoms with E-state index in [1.165, 1.54) is 66.8 Å². The van der Waals surface area contributed by atoms with Gasteiger partial charge in [0.2, 0.25) is 0 Å². The number of benzene rings is 6. The van der Waals surface area contributed by atoms with Crippen LogP contribution < -0.4 is 0 Å².